The van der Waals surface area contributed by atoms with Crippen LogP contribution in [0.15, 0.2) is 42.5 Å². The number of quaternary nitrogens is 1. The highest BCUT2D eigenvalue weighted by molar-refractivity contribution is 5.95. The molecule has 3 N–H and O–H groups in total. The van der Waals surface area contributed by atoms with Gasteiger partial charge in [-0.2, -0.15) is 0 Å². The number of methoxy groups -OCH3 is 1. The van der Waals surface area contributed by atoms with Crippen LogP contribution in [-0.4, -0.2) is 39.6 Å². The van der Waals surface area contributed by atoms with Gasteiger partial charge in [-0.1, -0.05) is 0 Å². The summed E-state index contributed by atoms with van der Waals surface area (Å²) in [6, 6.07) is 11.4. The number of hydrogen-bond donors (Lipinski definition) is 3. The molecule has 0 radical (unpaired) electrons. The molecule has 7 heteroatoms. The van der Waals surface area contributed by atoms with Crippen LogP contribution in [0.2, 0.25) is 0 Å². The Morgan fingerprint density at radius 2 is 1.85 bits per heavy atom. The summed E-state index contributed by atoms with van der Waals surface area (Å²) in [5.74, 6) is -0.564. The van der Waals surface area contributed by atoms with Gasteiger partial charge in [-0.15, -0.1) is 0 Å². The van der Waals surface area contributed by atoms with E-state index in [0.717, 1.165) is 10.5 Å². The molecule has 1 unspecified atom stereocenters. The summed E-state index contributed by atoms with van der Waals surface area (Å²) in [7, 11) is 4.84. The van der Waals surface area contributed by atoms with Crippen LogP contribution in [0.1, 0.15) is 15.9 Å². The summed E-state index contributed by atoms with van der Waals surface area (Å²) in [5.41, 5.74) is 1.92. The van der Waals surface area contributed by atoms with Crippen LogP contribution in [0.5, 0.6) is 5.75 Å². The fourth-order valence-electron chi connectivity index (χ4n) is 2.56. The van der Waals surface area contributed by atoms with Gasteiger partial charge in [-0.3, -0.25) is 9.59 Å². The first-order valence-corrected chi connectivity index (χ1v) is 8.18. The minimum absolute atomic E-state index is 0.163. The molecule has 0 heterocycles. The van der Waals surface area contributed by atoms with Gasteiger partial charge in [0.1, 0.15) is 6.54 Å². The van der Waals surface area contributed by atoms with Crippen molar-refractivity contribution in [2.24, 2.45) is 0 Å². The van der Waals surface area contributed by atoms with Crippen molar-refractivity contribution >= 4 is 17.5 Å². The largest absolute Gasteiger partial charge is 0.494 e. The number of hydrogen-bond acceptors (Lipinski definition) is 3. The standard InChI is InChI=1S/C19H22FN3O3/c1-21-19(25)14-5-7-15(8-6-14)22-18(24)12-23(2)11-13-4-9-17(26-3)16(20)10-13/h4-10H,11-12H2,1-3H3,(H,21,25)(H,22,24)/p+1. The molecule has 6 nitrogen and oxygen atoms in total. The van der Waals surface area contributed by atoms with Crippen molar-refractivity contribution < 1.29 is 23.6 Å². The average Bonchev–Trinajstić information content (AvgIpc) is 2.61. The third-order valence-electron chi connectivity index (χ3n) is 3.84. The summed E-state index contributed by atoms with van der Waals surface area (Å²) < 4.78 is 18.6. The van der Waals surface area contributed by atoms with Gasteiger partial charge in [0.25, 0.3) is 11.8 Å². The third-order valence-corrected chi connectivity index (χ3v) is 3.84. The number of nitrogens with one attached hydrogen (secondary N) is 3. The lowest BCUT2D eigenvalue weighted by atomic mass is 10.2. The number of ether oxygens (including phenoxy) is 1. The summed E-state index contributed by atoms with van der Waals surface area (Å²) in [5, 5.41) is 5.32. The van der Waals surface area contributed by atoms with Crippen molar-refractivity contribution in [2.75, 3.05) is 33.1 Å². The van der Waals surface area contributed by atoms with E-state index in [1.54, 1.807) is 43.4 Å². The van der Waals surface area contributed by atoms with Gasteiger partial charge < -0.3 is 20.3 Å². The molecular formula is C19H23FN3O3+. The van der Waals surface area contributed by atoms with Crippen LogP contribution >= 0.6 is 0 Å². The van der Waals surface area contributed by atoms with Crippen LogP contribution in [0.25, 0.3) is 0 Å². The van der Waals surface area contributed by atoms with Crippen molar-refractivity contribution in [1.82, 2.24) is 5.32 Å². The molecule has 0 saturated heterocycles. The molecule has 2 amide bonds. The Hall–Kier alpha value is -2.93. The van der Waals surface area contributed by atoms with Crippen LogP contribution in [0.4, 0.5) is 10.1 Å². The van der Waals surface area contributed by atoms with Gasteiger partial charge in [0.05, 0.1) is 14.2 Å². The minimum atomic E-state index is -0.418. The van der Waals surface area contributed by atoms with Gasteiger partial charge in [0.15, 0.2) is 18.1 Å². The molecular weight excluding hydrogens is 337 g/mol. The van der Waals surface area contributed by atoms with Crippen LogP contribution < -0.4 is 20.3 Å². The second-order valence-electron chi connectivity index (χ2n) is 5.98. The molecule has 0 saturated carbocycles. The zero-order chi connectivity index (χ0) is 19.1. The van der Waals surface area contributed by atoms with E-state index in [4.69, 9.17) is 4.74 Å². The van der Waals surface area contributed by atoms with E-state index >= 15 is 0 Å². The topological polar surface area (TPSA) is 71.9 Å². The maximum absolute atomic E-state index is 13.7. The molecule has 1 atom stereocenters. The average molecular weight is 360 g/mol. The van der Waals surface area contributed by atoms with Crippen LogP contribution in [0.3, 0.4) is 0 Å². The molecule has 138 valence electrons. The molecule has 0 aliphatic heterocycles. The van der Waals surface area contributed by atoms with Crippen molar-refractivity contribution in [2.45, 2.75) is 6.54 Å². The van der Waals surface area contributed by atoms with Crippen molar-refractivity contribution in [3.8, 4) is 5.75 Å². The van der Waals surface area contributed by atoms with Gasteiger partial charge in [-0.05, 0) is 42.5 Å². The van der Waals surface area contributed by atoms with E-state index in [9.17, 15) is 14.0 Å². The molecule has 0 aliphatic carbocycles. The number of carbonyl (C=O) groups excluding carboxylic acids is 2. The first-order chi connectivity index (χ1) is 12.4. The summed E-state index contributed by atoms with van der Waals surface area (Å²) in [6.07, 6.45) is 0. The Morgan fingerprint density at radius 3 is 2.42 bits per heavy atom. The van der Waals surface area contributed by atoms with E-state index in [0.29, 0.717) is 17.8 Å². The number of amides is 2. The molecule has 0 bridgehead atoms. The second kappa shape index (κ2) is 8.96. The highest BCUT2D eigenvalue weighted by Crippen LogP contribution is 2.17. The lowest BCUT2D eigenvalue weighted by Crippen LogP contribution is -3.08. The molecule has 2 rings (SSSR count). The zero-order valence-electron chi connectivity index (χ0n) is 15.1. The first-order valence-electron chi connectivity index (χ1n) is 8.18. The van der Waals surface area contributed by atoms with Gasteiger partial charge >= 0.3 is 0 Å². The Kier molecular flexibility index (Phi) is 6.68. The second-order valence-corrected chi connectivity index (χ2v) is 5.98. The van der Waals surface area contributed by atoms with Crippen molar-refractivity contribution in [1.29, 1.82) is 0 Å². The quantitative estimate of drug-likeness (QED) is 0.685. The van der Waals surface area contributed by atoms with E-state index < -0.39 is 5.82 Å². The number of halogens is 1. The number of anilines is 1. The van der Waals surface area contributed by atoms with Crippen molar-refractivity contribution in [3.63, 3.8) is 0 Å². The van der Waals surface area contributed by atoms with E-state index in [1.165, 1.54) is 13.2 Å². The number of likely N-dealkylation sites (N-methyl/N-ethyl adjacent to an activating group) is 1. The Labute approximate surface area is 152 Å². The number of rotatable bonds is 7. The molecule has 2 aromatic carbocycles. The Morgan fingerprint density at radius 1 is 1.15 bits per heavy atom. The molecule has 26 heavy (non-hydrogen) atoms. The van der Waals surface area contributed by atoms with E-state index in [1.807, 2.05) is 7.05 Å². The predicted octanol–water partition coefficient (Wildman–Crippen LogP) is 0.847. The summed E-state index contributed by atoms with van der Waals surface area (Å²) in [4.78, 5) is 24.6. The van der Waals surface area contributed by atoms with Gasteiger partial charge in [0, 0.05) is 23.9 Å². The molecule has 0 fully saturated rings. The van der Waals surface area contributed by atoms with Gasteiger partial charge in [-0.25, -0.2) is 4.39 Å². The normalized spacial score (nSPS) is 11.5. The fraction of sp³-hybridized carbons (Fsp3) is 0.263. The monoisotopic (exact) mass is 360 g/mol. The van der Waals surface area contributed by atoms with Crippen LogP contribution in [0, 0.1) is 5.82 Å². The lowest BCUT2D eigenvalue weighted by Gasteiger charge is -2.14. The predicted molar refractivity (Wildman–Crippen MR) is 96.9 cm³/mol. The van der Waals surface area contributed by atoms with E-state index in [2.05, 4.69) is 10.6 Å². The zero-order valence-corrected chi connectivity index (χ0v) is 15.1. The Balaban J connectivity index is 1.88. The summed E-state index contributed by atoms with van der Waals surface area (Å²) in [6.45, 7) is 0.731. The maximum atomic E-state index is 13.7. The molecule has 0 aliphatic rings. The van der Waals surface area contributed by atoms with Crippen molar-refractivity contribution in [3.05, 3.63) is 59.4 Å². The lowest BCUT2D eigenvalue weighted by molar-refractivity contribution is -0.885. The third kappa shape index (κ3) is 5.29. The van der Waals surface area contributed by atoms with Gasteiger partial charge in [0.2, 0.25) is 0 Å². The molecule has 2 aromatic rings. The molecule has 0 aromatic heterocycles. The highest BCUT2D eigenvalue weighted by Gasteiger charge is 2.13. The van der Waals surface area contributed by atoms with Crippen LogP contribution in [-0.2, 0) is 11.3 Å². The first kappa shape index (κ1) is 19.4. The van der Waals surface area contributed by atoms with E-state index in [-0.39, 0.29) is 24.1 Å². The fourth-order valence-corrected chi connectivity index (χ4v) is 2.56. The minimum Gasteiger partial charge on any atom is -0.494 e. The SMILES string of the molecule is CNC(=O)c1ccc(NC(=O)C[NH+](C)Cc2ccc(OC)c(F)c2)cc1. The number of benzene rings is 2. The highest BCUT2D eigenvalue weighted by atomic mass is 19.1. The molecule has 0 spiro atoms. The number of carbonyl (C=O) groups is 2. The smallest absolute Gasteiger partial charge is 0.279 e. The Bertz CT molecular complexity index is 778. The maximum Gasteiger partial charge on any atom is 0.279 e. The summed E-state index contributed by atoms with van der Waals surface area (Å²) >= 11 is 0.